The number of hydrogen-bond acceptors (Lipinski definition) is 1. The lowest BCUT2D eigenvalue weighted by atomic mass is 9.93. The molecule has 0 aromatic heterocycles. The molecule has 0 unspecified atom stereocenters. The quantitative estimate of drug-likeness (QED) is 0.795. The summed E-state index contributed by atoms with van der Waals surface area (Å²) >= 11 is 3.26. The molecule has 0 saturated carbocycles. The first-order valence-corrected chi connectivity index (χ1v) is 4.64. The Morgan fingerprint density at radius 3 is 2.69 bits per heavy atom. The van der Waals surface area contributed by atoms with Crippen molar-refractivity contribution >= 4 is 15.9 Å². The monoisotopic (exact) mass is 243 g/mol. The fraction of sp³-hybridized carbons (Fsp3) is 0.200. The van der Waals surface area contributed by atoms with Crippen molar-refractivity contribution in [3.63, 3.8) is 0 Å². The molecular weight excluding hydrogens is 233 g/mol. The van der Waals surface area contributed by atoms with Crippen LogP contribution in [0.4, 0.5) is 4.39 Å². The zero-order valence-electron chi connectivity index (χ0n) is 7.35. The van der Waals surface area contributed by atoms with Crippen LogP contribution >= 0.6 is 15.9 Å². The van der Waals surface area contributed by atoms with Crippen LogP contribution in [0.25, 0.3) is 0 Å². The highest BCUT2D eigenvalue weighted by Gasteiger charge is 2.19. The Hall–Kier alpha value is -0.670. The molecule has 1 aromatic carbocycles. The van der Waals surface area contributed by atoms with Crippen LogP contribution in [0.5, 0.6) is 0 Å². The predicted molar refractivity (Wildman–Crippen MR) is 55.8 cm³/mol. The minimum absolute atomic E-state index is 0.282. The van der Waals surface area contributed by atoms with E-state index in [4.69, 9.17) is 5.73 Å². The SMILES string of the molecule is C=C[C@@](C)(N)c1ccc(F)cc1Br. The lowest BCUT2D eigenvalue weighted by Gasteiger charge is -2.21. The summed E-state index contributed by atoms with van der Waals surface area (Å²) in [5, 5.41) is 0. The first-order valence-electron chi connectivity index (χ1n) is 3.85. The van der Waals surface area contributed by atoms with E-state index in [0.717, 1.165) is 5.56 Å². The molecule has 0 fully saturated rings. The van der Waals surface area contributed by atoms with E-state index in [2.05, 4.69) is 22.5 Å². The minimum atomic E-state index is -0.632. The third kappa shape index (κ3) is 2.17. The Bertz CT molecular complexity index is 334. The Balaban J connectivity index is 3.23. The average Bonchev–Trinajstić information content (AvgIpc) is 2.03. The van der Waals surface area contributed by atoms with Crippen LogP contribution in [-0.2, 0) is 5.54 Å². The van der Waals surface area contributed by atoms with E-state index in [-0.39, 0.29) is 5.82 Å². The van der Waals surface area contributed by atoms with Gasteiger partial charge in [-0.25, -0.2) is 4.39 Å². The van der Waals surface area contributed by atoms with Gasteiger partial charge in [0.25, 0.3) is 0 Å². The molecule has 1 aromatic rings. The van der Waals surface area contributed by atoms with Crippen molar-refractivity contribution in [2.24, 2.45) is 5.73 Å². The molecule has 0 radical (unpaired) electrons. The van der Waals surface area contributed by atoms with Gasteiger partial charge in [-0.15, -0.1) is 6.58 Å². The van der Waals surface area contributed by atoms with E-state index in [0.29, 0.717) is 4.47 Å². The van der Waals surface area contributed by atoms with Crippen molar-refractivity contribution < 1.29 is 4.39 Å². The third-order valence-electron chi connectivity index (χ3n) is 1.94. The highest BCUT2D eigenvalue weighted by Crippen LogP contribution is 2.27. The van der Waals surface area contributed by atoms with Crippen molar-refractivity contribution in [1.82, 2.24) is 0 Å². The summed E-state index contributed by atoms with van der Waals surface area (Å²) in [5.41, 5.74) is 6.11. The Morgan fingerprint density at radius 2 is 2.23 bits per heavy atom. The Kier molecular flexibility index (Phi) is 2.88. The van der Waals surface area contributed by atoms with Crippen LogP contribution in [0.2, 0.25) is 0 Å². The fourth-order valence-electron chi connectivity index (χ4n) is 1.04. The van der Waals surface area contributed by atoms with Gasteiger partial charge in [0.05, 0.1) is 5.54 Å². The molecule has 1 rings (SSSR count). The molecule has 1 atom stereocenters. The summed E-state index contributed by atoms with van der Waals surface area (Å²) in [4.78, 5) is 0. The maximum atomic E-state index is 12.7. The molecule has 2 N–H and O–H groups in total. The maximum Gasteiger partial charge on any atom is 0.124 e. The van der Waals surface area contributed by atoms with E-state index in [1.165, 1.54) is 12.1 Å². The lowest BCUT2D eigenvalue weighted by Crippen LogP contribution is -2.30. The van der Waals surface area contributed by atoms with Crippen LogP contribution in [0, 0.1) is 5.82 Å². The van der Waals surface area contributed by atoms with Crippen LogP contribution < -0.4 is 5.73 Å². The van der Waals surface area contributed by atoms with Crippen LogP contribution in [0.15, 0.2) is 35.3 Å². The molecular formula is C10H11BrFN. The summed E-state index contributed by atoms with van der Waals surface area (Å²) < 4.78 is 13.4. The van der Waals surface area contributed by atoms with Gasteiger partial charge in [-0.3, -0.25) is 0 Å². The van der Waals surface area contributed by atoms with Gasteiger partial charge in [-0.2, -0.15) is 0 Å². The Labute approximate surface area is 85.6 Å². The van der Waals surface area contributed by atoms with Crippen molar-refractivity contribution in [1.29, 1.82) is 0 Å². The third-order valence-corrected chi connectivity index (χ3v) is 2.59. The molecule has 70 valence electrons. The molecule has 0 aliphatic heterocycles. The zero-order valence-corrected chi connectivity index (χ0v) is 8.94. The van der Waals surface area contributed by atoms with Gasteiger partial charge in [0.15, 0.2) is 0 Å². The maximum absolute atomic E-state index is 12.7. The molecule has 0 aliphatic rings. The van der Waals surface area contributed by atoms with Gasteiger partial charge in [-0.05, 0) is 24.6 Å². The van der Waals surface area contributed by atoms with Gasteiger partial charge in [-0.1, -0.05) is 28.1 Å². The molecule has 0 spiro atoms. The first-order chi connectivity index (χ1) is 5.97. The zero-order chi connectivity index (χ0) is 10.1. The molecule has 0 amide bonds. The van der Waals surface area contributed by atoms with E-state index in [1.54, 1.807) is 12.1 Å². The molecule has 0 heterocycles. The summed E-state index contributed by atoms with van der Waals surface area (Å²) in [6.07, 6.45) is 1.63. The number of hydrogen-bond donors (Lipinski definition) is 1. The molecule has 1 nitrogen and oxygen atoms in total. The van der Waals surface area contributed by atoms with Crippen molar-refractivity contribution in [3.05, 3.63) is 46.7 Å². The summed E-state index contributed by atoms with van der Waals surface area (Å²) in [6, 6.07) is 4.43. The predicted octanol–water partition coefficient (Wildman–Crippen LogP) is 2.95. The fourth-order valence-corrected chi connectivity index (χ4v) is 1.81. The van der Waals surface area contributed by atoms with Crippen LogP contribution in [0.1, 0.15) is 12.5 Å². The van der Waals surface area contributed by atoms with Gasteiger partial charge < -0.3 is 5.73 Å². The van der Waals surface area contributed by atoms with E-state index < -0.39 is 5.54 Å². The van der Waals surface area contributed by atoms with Gasteiger partial charge >= 0.3 is 0 Å². The van der Waals surface area contributed by atoms with Crippen LogP contribution in [0.3, 0.4) is 0 Å². The second kappa shape index (κ2) is 3.60. The normalized spacial score (nSPS) is 15.1. The van der Waals surface area contributed by atoms with Gasteiger partial charge in [0, 0.05) is 4.47 Å². The molecule has 13 heavy (non-hydrogen) atoms. The number of benzene rings is 1. The molecule has 3 heteroatoms. The second-order valence-corrected chi connectivity index (χ2v) is 3.97. The number of nitrogens with two attached hydrogens (primary N) is 1. The first kappa shape index (κ1) is 10.4. The van der Waals surface area contributed by atoms with E-state index in [1.807, 2.05) is 6.92 Å². The Morgan fingerprint density at radius 1 is 1.62 bits per heavy atom. The van der Waals surface area contributed by atoms with Gasteiger partial charge in [0.2, 0.25) is 0 Å². The summed E-state index contributed by atoms with van der Waals surface area (Å²) in [5.74, 6) is -0.282. The van der Waals surface area contributed by atoms with E-state index in [9.17, 15) is 4.39 Å². The number of halogens is 2. The standard InChI is InChI=1S/C10H11BrFN/c1-3-10(2,13)8-5-4-7(12)6-9(8)11/h3-6H,1,13H2,2H3/t10-/m1/s1. The molecule has 0 bridgehead atoms. The topological polar surface area (TPSA) is 26.0 Å². The summed E-state index contributed by atoms with van der Waals surface area (Å²) in [7, 11) is 0. The second-order valence-electron chi connectivity index (χ2n) is 3.11. The smallest absolute Gasteiger partial charge is 0.124 e. The minimum Gasteiger partial charge on any atom is -0.318 e. The largest absolute Gasteiger partial charge is 0.318 e. The highest BCUT2D eigenvalue weighted by molar-refractivity contribution is 9.10. The number of rotatable bonds is 2. The molecule has 0 aliphatic carbocycles. The lowest BCUT2D eigenvalue weighted by molar-refractivity contribution is 0.607. The van der Waals surface area contributed by atoms with E-state index >= 15 is 0 Å². The van der Waals surface area contributed by atoms with Crippen molar-refractivity contribution in [2.75, 3.05) is 0 Å². The van der Waals surface area contributed by atoms with Crippen molar-refractivity contribution in [2.45, 2.75) is 12.5 Å². The average molecular weight is 244 g/mol. The summed E-state index contributed by atoms with van der Waals surface area (Å²) in [6.45, 7) is 5.45. The molecule has 0 saturated heterocycles. The van der Waals surface area contributed by atoms with Gasteiger partial charge in [0.1, 0.15) is 5.82 Å². The highest BCUT2D eigenvalue weighted by atomic mass is 79.9. The van der Waals surface area contributed by atoms with Crippen LogP contribution in [-0.4, -0.2) is 0 Å². The van der Waals surface area contributed by atoms with Crippen molar-refractivity contribution in [3.8, 4) is 0 Å².